The van der Waals surface area contributed by atoms with Crippen LogP contribution in [-0.2, 0) is 9.47 Å². The van der Waals surface area contributed by atoms with Crippen molar-refractivity contribution in [2.24, 2.45) is 5.73 Å². The summed E-state index contributed by atoms with van der Waals surface area (Å²) in [6.07, 6.45) is 7.52. The number of rotatable bonds is 9. The second kappa shape index (κ2) is 8.86. The van der Waals surface area contributed by atoms with Gasteiger partial charge in [0, 0.05) is 46.0 Å². The van der Waals surface area contributed by atoms with Gasteiger partial charge in [0.25, 0.3) is 0 Å². The van der Waals surface area contributed by atoms with Crippen molar-refractivity contribution in [3.8, 4) is 0 Å². The van der Waals surface area contributed by atoms with Crippen LogP contribution >= 0.6 is 0 Å². The van der Waals surface area contributed by atoms with Crippen LogP contribution < -0.4 is 5.73 Å². The van der Waals surface area contributed by atoms with Gasteiger partial charge in [-0.2, -0.15) is 0 Å². The summed E-state index contributed by atoms with van der Waals surface area (Å²) >= 11 is 0. The normalized spacial score (nSPS) is 19.3. The highest BCUT2D eigenvalue weighted by atomic mass is 16.5. The van der Waals surface area contributed by atoms with E-state index in [-0.39, 0.29) is 5.54 Å². The number of hydrogen-bond acceptors (Lipinski definition) is 4. The maximum atomic E-state index is 6.10. The summed E-state index contributed by atoms with van der Waals surface area (Å²) in [7, 11) is 3.53. The zero-order valence-electron chi connectivity index (χ0n) is 12.1. The van der Waals surface area contributed by atoms with Crippen LogP contribution in [0.25, 0.3) is 0 Å². The Hall–Kier alpha value is -0.160. The molecule has 0 saturated heterocycles. The van der Waals surface area contributed by atoms with E-state index in [1.54, 1.807) is 14.2 Å². The van der Waals surface area contributed by atoms with Crippen molar-refractivity contribution in [1.82, 2.24) is 4.90 Å². The number of nitrogens with zero attached hydrogens (tertiary/aromatic N) is 1. The Balaban J connectivity index is 2.58. The van der Waals surface area contributed by atoms with Crippen molar-refractivity contribution in [2.75, 3.05) is 47.1 Å². The molecule has 0 aromatic rings. The summed E-state index contributed by atoms with van der Waals surface area (Å²) in [5.74, 6) is 0. The second-order valence-corrected chi connectivity index (χ2v) is 5.32. The third kappa shape index (κ3) is 4.50. The van der Waals surface area contributed by atoms with Crippen LogP contribution in [0.5, 0.6) is 0 Å². The molecule has 0 aromatic carbocycles. The first-order valence-electron chi connectivity index (χ1n) is 7.22. The highest BCUT2D eigenvalue weighted by Gasteiger charge is 2.36. The fourth-order valence-electron chi connectivity index (χ4n) is 3.05. The SMILES string of the molecule is COCCCN(CCOC)C1(CN)CCCCC1. The van der Waals surface area contributed by atoms with Crippen LogP contribution in [0.2, 0.25) is 0 Å². The van der Waals surface area contributed by atoms with E-state index in [0.717, 1.165) is 39.3 Å². The molecule has 4 nitrogen and oxygen atoms in total. The Morgan fingerprint density at radius 3 is 2.22 bits per heavy atom. The van der Waals surface area contributed by atoms with E-state index >= 15 is 0 Å². The van der Waals surface area contributed by atoms with E-state index in [9.17, 15) is 0 Å². The fourth-order valence-corrected chi connectivity index (χ4v) is 3.05. The average molecular weight is 258 g/mol. The molecular weight excluding hydrogens is 228 g/mol. The van der Waals surface area contributed by atoms with E-state index in [0.29, 0.717) is 0 Å². The van der Waals surface area contributed by atoms with Crippen molar-refractivity contribution in [1.29, 1.82) is 0 Å². The molecule has 1 saturated carbocycles. The molecule has 1 aliphatic carbocycles. The van der Waals surface area contributed by atoms with Gasteiger partial charge in [-0.05, 0) is 19.3 Å². The predicted octanol–water partition coefficient (Wildman–Crippen LogP) is 1.63. The highest BCUT2D eigenvalue weighted by molar-refractivity contribution is 4.94. The van der Waals surface area contributed by atoms with Crippen molar-refractivity contribution in [3.63, 3.8) is 0 Å². The fraction of sp³-hybridized carbons (Fsp3) is 1.00. The third-order valence-electron chi connectivity index (χ3n) is 4.18. The Morgan fingerprint density at radius 1 is 1.00 bits per heavy atom. The first kappa shape index (κ1) is 15.9. The number of methoxy groups -OCH3 is 2. The average Bonchev–Trinajstić information content (AvgIpc) is 2.43. The minimum atomic E-state index is 0.213. The molecule has 1 fully saturated rings. The molecule has 0 atom stereocenters. The second-order valence-electron chi connectivity index (χ2n) is 5.32. The first-order valence-corrected chi connectivity index (χ1v) is 7.22. The molecule has 0 aliphatic heterocycles. The van der Waals surface area contributed by atoms with Gasteiger partial charge in [-0.15, -0.1) is 0 Å². The van der Waals surface area contributed by atoms with Gasteiger partial charge in [0.15, 0.2) is 0 Å². The van der Waals surface area contributed by atoms with Gasteiger partial charge in [0.05, 0.1) is 6.61 Å². The lowest BCUT2D eigenvalue weighted by Gasteiger charge is -2.46. The van der Waals surface area contributed by atoms with Gasteiger partial charge >= 0.3 is 0 Å². The molecule has 2 N–H and O–H groups in total. The zero-order valence-corrected chi connectivity index (χ0v) is 12.1. The molecule has 18 heavy (non-hydrogen) atoms. The van der Waals surface area contributed by atoms with Gasteiger partial charge in [-0.1, -0.05) is 19.3 Å². The topological polar surface area (TPSA) is 47.7 Å². The van der Waals surface area contributed by atoms with Gasteiger partial charge in [0.1, 0.15) is 0 Å². The Labute approximate surface area is 112 Å². The van der Waals surface area contributed by atoms with E-state index in [1.165, 1.54) is 32.1 Å². The van der Waals surface area contributed by atoms with Crippen LogP contribution in [-0.4, -0.2) is 57.5 Å². The summed E-state index contributed by atoms with van der Waals surface area (Å²) in [6.45, 7) is 4.42. The van der Waals surface area contributed by atoms with Gasteiger partial charge in [0.2, 0.25) is 0 Å². The van der Waals surface area contributed by atoms with E-state index in [1.807, 2.05) is 0 Å². The molecule has 1 rings (SSSR count). The van der Waals surface area contributed by atoms with E-state index in [2.05, 4.69) is 4.90 Å². The molecule has 1 aliphatic rings. The molecule has 0 spiro atoms. The minimum absolute atomic E-state index is 0.213. The Bertz CT molecular complexity index is 206. The largest absolute Gasteiger partial charge is 0.385 e. The van der Waals surface area contributed by atoms with Crippen molar-refractivity contribution >= 4 is 0 Å². The zero-order chi connectivity index (χ0) is 13.3. The van der Waals surface area contributed by atoms with Gasteiger partial charge < -0.3 is 15.2 Å². The molecule has 0 bridgehead atoms. The molecule has 0 amide bonds. The summed E-state index contributed by atoms with van der Waals surface area (Å²) in [4.78, 5) is 2.55. The molecule has 4 heteroatoms. The molecule has 0 aromatic heterocycles. The Morgan fingerprint density at radius 2 is 1.67 bits per heavy atom. The monoisotopic (exact) mass is 258 g/mol. The number of hydrogen-bond donors (Lipinski definition) is 1. The lowest BCUT2D eigenvalue weighted by molar-refractivity contribution is 0.0271. The highest BCUT2D eigenvalue weighted by Crippen LogP contribution is 2.32. The van der Waals surface area contributed by atoms with E-state index < -0.39 is 0 Å². The first-order chi connectivity index (χ1) is 8.79. The quantitative estimate of drug-likeness (QED) is 0.639. The van der Waals surface area contributed by atoms with Crippen molar-refractivity contribution in [3.05, 3.63) is 0 Å². The summed E-state index contributed by atoms with van der Waals surface area (Å²) in [6, 6.07) is 0. The van der Waals surface area contributed by atoms with Crippen LogP contribution in [0.1, 0.15) is 38.5 Å². The lowest BCUT2D eigenvalue weighted by Crippen LogP contribution is -2.56. The maximum Gasteiger partial charge on any atom is 0.0589 e. The third-order valence-corrected chi connectivity index (χ3v) is 4.18. The van der Waals surface area contributed by atoms with Crippen LogP contribution in [0.4, 0.5) is 0 Å². The van der Waals surface area contributed by atoms with Crippen molar-refractivity contribution < 1.29 is 9.47 Å². The van der Waals surface area contributed by atoms with Crippen LogP contribution in [0, 0.1) is 0 Å². The number of ether oxygens (including phenoxy) is 2. The summed E-state index contributed by atoms with van der Waals surface area (Å²) in [5, 5.41) is 0. The minimum Gasteiger partial charge on any atom is -0.385 e. The van der Waals surface area contributed by atoms with Gasteiger partial charge in [-0.3, -0.25) is 4.90 Å². The molecule has 0 radical (unpaired) electrons. The molecule has 108 valence electrons. The smallest absolute Gasteiger partial charge is 0.0589 e. The number of nitrogens with two attached hydrogens (primary N) is 1. The van der Waals surface area contributed by atoms with Crippen LogP contribution in [0.3, 0.4) is 0 Å². The predicted molar refractivity (Wildman–Crippen MR) is 74.8 cm³/mol. The Kier molecular flexibility index (Phi) is 7.82. The van der Waals surface area contributed by atoms with Crippen molar-refractivity contribution in [2.45, 2.75) is 44.1 Å². The molecule has 0 heterocycles. The maximum absolute atomic E-state index is 6.10. The van der Waals surface area contributed by atoms with Crippen LogP contribution in [0.15, 0.2) is 0 Å². The standard InChI is InChI=1S/C14H30N2O2/c1-17-11-6-9-16(10-12-18-2)14(13-15)7-4-3-5-8-14/h3-13,15H2,1-2H3. The molecular formula is C14H30N2O2. The summed E-state index contributed by atoms with van der Waals surface area (Å²) in [5.41, 5.74) is 6.31. The molecule has 0 unspecified atom stereocenters. The van der Waals surface area contributed by atoms with Gasteiger partial charge in [-0.25, -0.2) is 0 Å². The van der Waals surface area contributed by atoms with E-state index in [4.69, 9.17) is 15.2 Å². The summed E-state index contributed by atoms with van der Waals surface area (Å²) < 4.78 is 10.4. The lowest BCUT2D eigenvalue weighted by atomic mass is 9.80.